The van der Waals surface area contributed by atoms with Crippen molar-refractivity contribution in [2.75, 3.05) is 69.3 Å². The topological polar surface area (TPSA) is 82.1 Å². The second kappa shape index (κ2) is 10.7. The van der Waals surface area contributed by atoms with Gasteiger partial charge in [0.1, 0.15) is 0 Å². The van der Waals surface area contributed by atoms with Crippen LogP contribution in [0.5, 0.6) is 0 Å². The van der Waals surface area contributed by atoms with Gasteiger partial charge in [0, 0.05) is 64.3 Å². The highest BCUT2D eigenvalue weighted by Gasteiger charge is 2.23. The summed E-state index contributed by atoms with van der Waals surface area (Å²) in [6.45, 7) is 7.64. The van der Waals surface area contributed by atoms with Gasteiger partial charge in [-0.1, -0.05) is 18.2 Å². The quantitative estimate of drug-likeness (QED) is 0.685. The minimum Gasteiger partial charge on any atom is -0.378 e. The van der Waals surface area contributed by atoms with Crippen LogP contribution in [-0.2, 0) is 16.1 Å². The Morgan fingerprint density at radius 1 is 0.939 bits per heavy atom. The predicted molar refractivity (Wildman–Crippen MR) is 126 cm³/mol. The third-order valence-corrected chi connectivity index (χ3v) is 6.16. The molecule has 9 heteroatoms. The first-order valence-electron chi connectivity index (χ1n) is 11.5. The Balaban J connectivity index is 1.58. The number of aromatic nitrogens is 2. The third-order valence-electron chi connectivity index (χ3n) is 6.16. The molecule has 2 aliphatic rings. The molecule has 33 heavy (non-hydrogen) atoms. The Hall–Kier alpha value is -3.04. The SMILES string of the molecule is CC(=O)N1CCCN(C)CCN(C(=O)c2cnc(N3CCOCC3)nc2)Cc2ccccc21. The van der Waals surface area contributed by atoms with Crippen LogP contribution in [0.1, 0.15) is 29.3 Å². The predicted octanol–water partition coefficient (Wildman–Crippen LogP) is 1.64. The first-order chi connectivity index (χ1) is 16.0. The molecule has 1 aromatic heterocycles. The van der Waals surface area contributed by atoms with Crippen molar-refractivity contribution in [1.82, 2.24) is 19.8 Å². The molecule has 9 nitrogen and oxygen atoms in total. The van der Waals surface area contributed by atoms with Crippen molar-refractivity contribution >= 4 is 23.5 Å². The maximum absolute atomic E-state index is 13.5. The van der Waals surface area contributed by atoms with E-state index in [2.05, 4.69) is 19.8 Å². The number of likely N-dealkylation sites (N-methyl/N-ethyl adjacent to an activating group) is 1. The lowest BCUT2D eigenvalue weighted by Crippen LogP contribution is -2.38. The Bertz CT molecular complexity index is 961. The molecule has 0 spiro atoms. The number of para-hydroxylation sites is 1. The first-order valence-corrected chi connectivity index (χ1v) is 11.5. The molecule has 0 atom stereocenters. The summed E-state index contributed by atoms with van der Waals surface area (Å²) in [4.78, 5) is 42.7. The van der Waals surface area contributed by atoms with E-state index in [1.165, 1.54) is 0 Å². The van der Waals surface area contributed by atoms with E-state index in [4.69, 9.17) is 4.74 Å². The van der Waals surface area contributed by atoms with E-state index in [0.717, 1.165) is 43.9 Å². The molecular formula is C24H32N6O3. The second-order valence-corrected chi connectivity index (χ2v) is 8.55. The van der Waals surface area contributed by atoms with Gasteiger partial charge in [0.2, 0.25) is 11.9 Å². The molecule has 0 unspecified atom stereocenters. The summed E-state index contributed by atoms with van der Waals surface area (Å²) < 4.78 is 5.39. The first kappa shape index (κ1) is 23.1. The number of fused-ring (bicyclic) bond motifs is 1. The van der Waals surface area contributed by atoms with Crippen LogP contribution in [0.4, 0.5) is 11.6 Å². The summed E-state index contributed by atoms with van der Waals surface area (Å²) in [6.07, 6.45) is 4.10. The summed E-state index contributed by atoms with van der Waals surface area (Å²) in [5.74, 6) is 0.518. The van der Waals surface area contributed by atoms with E-state index in [1.807, 2.05) is 41.1 Å². The number of rotatable bonds is 2. The smallest absolute Gasteiger partial charge is 0.257 e. The van der Waals surface area contributed by atoms with E-state index in [1.54, 1.807) is 19.3 Å². The zero-order chi connectivity index (χ0) is 23.2. The van der Waals surface area contributed by atoms with Crippen LogP contribution in [0.25, 0.3) is 0 Å². The molecule has 2 amide bonds. The van der Waals surface area contributed by atoms with Crippen LogP contribution in [-0.4, -0.2) is 91.1 Å². The summed E-state index contributed by atoms with van der Waals surface area (Å²) in [7, 11) is 2.05. The lowest BCUT2D eigenvalue weighted by Gasteiger charge is -2.28. The van der Waals surface area contributed by atoms with Gasteiger partial charge in [-0.3, -0.25) is 9.59 Å². The molecule has 0 aliphatic carbocycles. The van der Waals surface area contributed by atoms with Crippen LogP contribution in [0, 0.1) is 0 Å². The number of morpholine rings is 1. The van der Waals surface area contributed by atoms with Crippen molar-refractivity contribution in [3.8, 4) is 0 Å². The Labute approximate surface area is 195 Å². The van der Waals surface area contributed by atoms with Crippen LogP contribution in [0.3, 0.4) is 0 Å². The van der Waals surface area contributed by atoms with E-state index in [9.17, 15) is 9.59 Å². The van der Waals surface area contributed by atoms with Gasteiger partial charge >= 0.3 is 0 Å². The van der Waals surface area contributed by atoms with Gasteiger partial charge in [-0.15, -0.1) is 0 Å². The highest BCUT2D eigenvalue weighted by molar-refractivity contribution is 5.94. The molecule has 3 heterocycles. The van der Waals surface area contributed by atoms with E-state index in [-0.39, 0.29) is 11.8 Å². The Morgan fingerprint density at radius 3 is 2.39 bits per heavy atom. The van der Waals surface area contributed by atoms with Crippen molar-refractivity contribution in [3.05, 3.63) is 47.8 Å². The molecule has 2 aromatic rings. The van der Waals surface area contributed by atoms with Gasteiger partial charge < -0.3 is 24.3 Å². The lowest BCUT2D eigenvalue weighted by molar-refractivity contribution is -0.116. The van der Waals surface area contributed by atoms with E-state index >= 15 is 0 Å². The largest absolute Gasteiger partial charge is 0.378 e. The normalized spacial score (nSPS) is 18.4. The average Bonchev–Trinajstić information content (AvgIpc) is 2.87. The number of benzene rings is 1. The molecule has 1 aromatic carbocycles. The van der Waals surface area contributed by atoms with Crippen LogP contribution in [0.15, 0.2) is 36.7 Å². The standard InChI is InChI=1S/C24H32N6O3/c1-19(31)30-9-5-8-27(2)10-11-29(18-20-6-3-4-7-22(20)30)23(32)21-16-25-24(26-17-21)28-12-14-33-15-13-28/h3-4,6-7,16-17H,5,8-15,18H2,1-2H3. The zero-order valence-electron chi connectivity index (χ0n) is 19.4. The van der Waals surface area contributed by atoms with Crippen LogP contribution < -0.4 is 9.80 Å². The molecule has 1 fully saturated rings. The molecule has 176 valence electrons. The number of hydrogen-bond donors (Lipinski definition) is 0. The number of anilines is 2. The molecule has 2 aliphatic heterocycles. The number of amides is 2. The number of nitrogens with zero attached hydrogens (tertiary/aromatic N) is 6. The highest BCUT2D eigenvalue weighted by Crippen LogP contribution is 2.24. The van der Waals surface area contributed by atoms with Gasteiger partial charge in [-0.2, -0.15) is 0 Å². The van der Waals surface area contributed by atoms with Crippen molar-refractivity contribution in [3.63, 3.8) is 0 Å². The van der Waals surface area contributed by atoms with Gasteiger partial charge in [0.25, 0.3) is 5.91 Å². The molecule has 1 saturated heterocycles. The lowest BCUT2D eigenvalue weighted by atomic mass is 10.1. The van der Waals surface area contributed by atoms with E-state index in [0.29, 0.717) is 44.4 Å². The molecule has 0 saturated carbocycles. The monoisotopic (exact) mass is 452 g/mol. The fourth-order valence-corrected chi connectivity index (χ4v) is 4.26. The van der Waals surface area contributed by atoms with Crippen molar-refractivity contribution in [1.29, 1.82) is 0 Å². The second-order valence-electron chi connectivity index (χ2n) is 8.55. The average molecular weight is 453 g/mol. The Kier molecular flexibility index (Phi) is 7.51. The summed E-state index contributed by atoms with van der Waals surface area (Å²) in [5.41, 5.74) is 2.29. The summed E-state index contributed by atoms with van der Waals surface area (Å²) in [6, 6.07) is 7.84. The molecule has 0 N–H and O–H groups in total. The minimum atomic E-state index is -0.111. The Morgan fingerprint density at radius 2 is 1.67 bits per heavy atom. The number of ether oxygens (including phenoxy) is 1. The van der Waals surface area contributed by atoms with Crippen molar-refractivity contribution in [2.24, 2.45) is 0 Å². The van der Waals surface area contributed by atoms with Gasteiger partial charge in [-0.25, -0.2) is 9.97 Å². The summed E-state index contributed by atoms with van der Waals surface area (Å²) >= 11 is 0. The number of hydrogen-bond acceptors (Lipinski definition) is 7. The van der Waals surface area contributed by atoms with Crippen molar-refractivity contribution < 1.29 is 14.3 Å². The summed E-state index contributed by atoms with van der Waals surface area (Å²) in [5, 5.41) is 0. The molecular weight excluding hydrogens is 420 g/mol. The van der Waals surface area contributed by atoms with E-state index < -0.39 is 0 Å². The maximum atomic E-state index is 13.5. The van der Waals surface area contributed by atoms with Crippen LogP contribution in [0.2, 0.25) is 0 Å². The molecule has 0 radical (unpaired) electrons. The van der Waals surface area contributed by atoms with Crippen LogP contribution >= 0.6 is 0 Å². The van der Waals surface area contributed by atoms with Gasteiger partial charge in [-0.05, 0) is 31.6 Å². The third kappa shape index (κ3) is 5.66. The zero-order valence-corrected chi connectivity index (χ0v) is 19.4. The van der Waals surface area contributed by atoms with Gasteiger partial charge in [0.15, 0.2) is 0 Å². The fourth-order valence-electron chi connectivity index (χ4n) is 4.26. The maximum Gasteiger partial charge on any atom is 0.257 e. The molecule has 0 bridgehead atoms. The number of carbonyl (C=O) groups is 2. The highest BCUT2D eigenvalue weighted by atomic mass is 16.5. The minimum absolute atomic E-state index is 0.00864. The van der Waals surface area contributed by atoms with Gasteiger partial charge in [0.05, 0.1) is 18.8 Å². The van der Waals surface area contributed by atoms with Crippen molar-refractivity contribution in [2.45, 2.75) is 19.9 Å². The molecule has 4 rings (SSSR count). The number of carbonyl (C=O) groups excluding carboxylic acids is 2. The fraction of sp³-hybridized carbons (Fsp3) is 0.500.